The van der Waals surface area contributed by atoms with E-state index in [0.717, 1.165) is 19.5 Å². The summed E-state index contributed by atoms with van der Waals surface area (Å²) in [7, 11) is 0. The lowest BCUT2D eigenvalue weighted by molar-refractivity contribution is 0.0669. The number of carbonyl (C=O) groups excluding carboxylic acids is 1. The van der Waals surface area contributed by atoms with E-state index in [1.807, 2.05) is 10.3 Å². The van der Waals surface area contributed by atoms with Crippen molar-refractivity contribution in [1.29, 1.82) is 0 Å². The van der Waals surface area contributed by atoms with Crippen molar-refractivity contribution in [2.24, 2.45) is 11.7 Å². The van der Waals surface area contributed by atoms with Gasteiger partial charge in [0, 0.05) is 19.1 Å². The second-order valence-corrected chi connectivity index (χ2v) is 5.60. The fraction of sp³-hybridized carbons (Fsp3) is 0.545. The van der Waals surface area contributed by atoms with Crippen LogP contribution in [0.25, 0.3) is 0 Å². The molecule has 0 bridgehead atoms. The fourth-order valence-electron chi connectivity index (χ4n) is 1.94. The van der Waals surface area contributed by atoms with E-state index in [-0.39, 0.29) is 11.9 Å². The molecule has 0 aromatic carbocycles. The minimum atomic E-state index is 0.0405. The van der Waals surface area contributed by atoms with Gasteiger partial charge in [-0.2, -0.15) is 0 Å². The Hall–Kier alpha value is -0.580. The molecule has 2 heterocycles. The molecule has 1 aliphatic rings. The van der Waals surface area contributed by atoms with Crippen molar-refractivity contribution in [3.8, 4) is 0 Å². The lowest BCUT2D eigenvalue weighted by atomic mass is 9.95. The lowest BCUT2D eigenvalue weighted by Crippen LogP contribution is -2.48. The van der Waals surface area contributed by atoms with Crippen LogP contribution in [0.4, 0.5) is 0 Å². The van der Waals surface area contributed by atoms with Crippen molar-refractivity contribution in [1.82, 2.24) is 4.90 Å². The molecule has 2 N–H and O–H groups in total. The van der Waals surface area contributed by atoms with Gasteiger partial charge in [0.05, 0.1) is 5.02 Å². The van der Waals surface area contributed by atoms with Crippen LogP contribution < -0.4 is 5.73 Å². The van der Waals surface area contributed by atoms with Gasteiger partial charge in [-0.1, -0.05) is 18.5 Å². The first-order chi connectivity index (χ1) is 7.59. The van der Waals surface area contributed by atoms with Crippen LogP contribution >= 0.6 is 22.9 Å². The predicted octanol–water partition coefficient (Wildman–Crippen LogP) is 2.21. The summed E-state index contributed by atoms with van der Waals surface area (Å²) in [5.41, 5.74) is 5.93. The summed E-state index contributed by atoms with van der Waals surface area (Å²) in [6.45, 7) is 3.55. The molecule has 3 nitrogen and oxygen atoms in total. The van der Waals surface area contributed by atoms with Crippen LogP contribution in [0.5, 0.6) is 0 Å². The second kappa shape index (κ2) is 4.73. The fourth-order valence-corrected chi connectivity index (χ4v) is 3.04. The van der Waals surface area contributed by atoms with Crippen molar-refractivity contribution in [2.45, 2.75) is 19.4 Å². The SMILES string of the molecule is CC1CN(C(=O)c2sccc2Cl)CCC1N. The van der Waals surface area contributed by atoms with Gasteiger partial charge in [-0.25, -0.2) is 0 Å². The Balaban J connectivity index is 2.09. The zero-order valence-corrected chi connectivity index (χ0v) is 10.7. The monoisotopic (exact) mass is 258 g/mol. The minimum Gasteiger partial charge on any atom is -0.338 e. The first kappa shape index (κ1) is 11.9. The molecule has 1 amide bonds. The molecule has 0 radical (unpaired) electrons. The average Bonchev–Trinajstić information content (AvgIpc) is 2.67. The standard InChI is InChI=1S/C11H15ClN2OS/c1-7-6-14(4-2-9(7)13)11(15)10-8(12)3-5-16-10/h3,5,7,9H,2,4,6,13H2,1H3. The van der Waals surface area contributed by atoms with Crippen LogP contribution in [0, 0.1) is 5.92 Å². The van der Waals surface area contributed by atoms with E-state index >= 15 is 0 Å². The average molecular weight is 259 g/mol. The highest BCUT2D eigenvalue weighted by Gasteiger charge is 2.28. The lowest BCUT2D eigenvalue weighted by Gasteiger charge is -2.34. The quantitative estimate of drug-likeness (QED) is 0.840. The van der Waals surface area contributed by atoms with Crippen molar-refractivity contribution in [3.05, 3.63) is 21.3 Å². The highest BCUT2D eigenvalue weighted by molar-refractivity contribution is 7.12. The Kier molecular flexibility index (Phi) is 3.52. The second-order valence-electron chi connectivity index (χ2n) is 4.28. The van der Waals surface area contributed by atoms with Gasteiger partial charge in [-0.15, -0.1) is 11.3 Å². The molecule has 0 aliphatic carbocycles. The molecule has 0 spiro atoms. The van der Waals surface area contributed by atoms with Gasteiger partial charge >= 0.3 is 0 Å². The Morgan fingerprint density at radius 2 is 2.44 bits per heavy atom. The van der Waals surface area contributed by atoms with Crippen LogP contribution in [0.15, 0.2) is 11.4 Å². The number of rotatable bonds is 1. The van der Waals surface area contributed by atoms with Gasteiger partial charge in [0.2, 0.25) is 0 Å². The molecular formula is C11H15ClN2OS. The number of thiophene rings is 1. The third kappa shape index (κ3) is 2.24. The Morgan fingerprint density at radius 1 is 1.69 bits per heavy atom. The summed E-state index contributed by atoms with van der Waals surface area (Å²) in [4.78, 5) is 14.6. The third-order valence-electron chi connectivity index (χ3n) is 3.07. The summed E-state index contributed by atoms with van der Waals surface area (Å²) in [5, 5.41) is 2.40. The van der Waals surface area contributed by atoms with E-state index in [9.17, 15) is 4.79 Å². The Morgan fingerprint density at radius 3 is 3.00 bits per heavy atom. The van der Waals surface area contributed by atoms with E-state index in [4.69, 9.17) is 17.3 Å². The largest absolute Gasteiger partial charge is 0.338 e. The molecule has 2 rings (SSSR count). The molecule has 88 valence electrons. The molecule has 1 fully saturated rings. The summed E-state index contributed by atoms with van der Waals surface area (Å²) < 4.78 is 0. The van der Waals surface area contributed by atoms with Crippen molar-refractivity contribution >= 4 is 28.8 Å². The van der Waals surface area contributed by atoms with E-state index in [2.05, 4.69) is 6.92 Å². The van der Waals surface area contributed by atoms with Gasteiger partial charge < -0.3 is 10.6 Å². The molecule has 5 heteroatoms. The summed E-state index contributed by atoms with van der Waals surface area (Å²) in [6, 6.07) is 1.97. The van der Waals surface area contributed by atoms with E-state index in [1.165, 1.54) is 11.3 Å². The maximum Gasteiger partial charge on any atom is 0.265 e. The highest BCUT2D eigenvalue weighted by Crippen LogP contribution is 2.25. The molecule has 1 aromatic heterocycles. The zero-order valence-electron chi connectivity index (χ0n) is 9.15. The molecule has 2 atom stereocenters. The number of carbonyl (C=O) groups is 1. The van der Waals surface area contributed by atoms with Gasteiger partial charge in [-0.05, 0) is 23.8 Å². The molecule has 0 saturated carbocycles. The zero-order chi connectivity index (χ0) is 11.7. The summed E-state index contributed by atoms with van der Waals surface area (Å²) in [6.07, 6.45) is 0.871. The number of hydrogen-bond acceptors (Lipinski definition) is 3. The Labute approximate surface area is 104 Å². The predicted molar refractivity (Wildman–Crippen MR) is 67.0 cm³/mol. The van der Waals surface area contributed by atoms with Crippen molar-refractivity contribution < 1.29 is 4.79 Å². The first-order valence-electron chi connectivity index (χ1n) is 5.37. The highest BCUT2D eigenvalue weighted by atomic mass is 35.5. The summed E-state index contributed by atoms with van der Waals surface area (Å²) >= 11 is 7.36. The minimum absolute atomic E-state index is 0.0405. The van der Waals surface area contributed by atoms with Crippen LogP contribution in [-0.2, 0) is 0 Å². The maximum absolute atomic E-state index is 12.1. The topological polar surface area (TPSA) is 46.3 Å². The van der Waals surface area contributed by atoms with Gasteiger partial charge in [-0.3, -0.25) is 4.79 Å². The molecule has 1 aromatic rings. The smallest absolute Gasteiger partial charge is 0.265 e. The van der Waals surface area contributed by atoms with Crippen LogP contribution in [0.2, 0.25) is 5.02 Å². The van der Waals surface area contributed by atoms with E-state index in [0.29, 0.717) is 15.8 Å². The van der Waals surface area contributed by atoms with E-state index in [1.54, 1.807) is 6.07 Å². The van der Waals surface area contributed by atoms with E-state index < -0.39 is 0 Å². The van der Waals surface area contributed by atoms with Crippen LogP contribution in [-0.4, -0.2) is 29.9 Å². The molecule has 1 aliphatic heterocycles. The number of nitrogens with two attached hydrogens (primary N) is 1. The normalized spacial score (nSPS) is 25.8. The maximum atomic E-state index is 12.1. The van der Waals surface area contributed by atoms with Gasteiger partial charge in [0.1, 0.15) is 4.88 Å². The molecule has 16 heavy (non-hydrogen) atoms. The van der Waals surface area contributed by atoms with Crippen molar-refractivity contribution in [3.63, 3.8) is 0 Å². The first-order valence-corrected chi connectivity index (χ1v) is 6.63. The number of nitrogens with zero attached hydrogens (tertiary/aromatic N) is 1. The number of halogens is 1. The molecule has 1 saturated heterocycles. The molecule has 2 unspecified atom stereocenters. The van der Waals surface area contributed by atoms with Gasteiger partial charge in [0.25, 0.3) is 5.91 Å². The number of hydrogen-bond donors (Lipinski definition) is 1. The van der Waals surface area contributed by atoms with Crippen molar-refractivity contribution in [2.75, 3.05) is 13.1 Å². The Bertz CT molecular complexity index is 393. The number of piperidine rings is 1. The number of likely N-dealkylation sites (tertiary alicyclic amines) is 1. The molecular weight excluding hydrogens is 244 g/mol. The van der Waals surface area contributed by atoms with Crippen LogP contribution in [0.3, 0.4) is 0 Å². The number of amides is 1. The van der Waals surface area contributed by atoms with Crippen LogP contribution in [0.1, 0.15) is 23.0 Å². The summed E-state index contributed by atoms with van der Waals surface area (Å²) in [5.74, 6) is 0.398. The van der Waals surface area contributed by atoms with Gasteiger partial charge in [0.15, 0.2) is 0 Å². The third-order valence-corrected chi connectivity index (χ3v) is 4.40.